The largest absolute Gasteiger partial charge is 0.493 e. The number of halogens is 1. The van der Waals surface area contributed by atoms with Crippen molar-refractivity contribution in [2.75, 3.05) is 36.5 Å². The van der Waals surface area contributed by atoms with Gasteiger partial charge in [-0.25, -0.2) is 0 Å². The molecule has 4 aromatic rings. The number of hydrogen-bond acceptors (Lipinski definition) is 6. The Morgan fingerprint density at radius 1 is 0.977 bits per heavy atom. The zero-order chi connectivity index (χ0) is 29.9. The fourth-order valence-electron chi connectivity index (χ4n) is 5.45. The van der Waals surface area contributed by atoms with E-state index in [0.717, 1.165) is 42.4 Å². The minimum atomic E-state index is -1.13. The maximum Gasteiger partial charge on any atom is 0.258 e. The summed E-state index contributed by atoms with van der Waals surface area (Å²) in [4.78, 5) is 43.5. The summed E-state index contributed by atoms with van der Waals surface area (Å²) < 4.78 is 7.82. The van der Waals surface area contributed by atoms with E-state index in [1.165, 1.54) is 10.4 Å². The molecule has 1 aliphatic heterocycles. The number of hydrogen-bond donors (Lipinski definition) is 1. The van der Waals surface area contributed by atoms with E-state index in [9.17, 15) is 14.4 Å². The lowest BCUT2D eigenvalue weighted by Gasteiger charge is -2.27. The highest BCUT2D eigenvalue weighted by Crippen LogP contribution is 2.40. The van der Waals surface area contributed by atoms with E-state index in [-0.39, 0.29) is 29.8 Å². The van der Waals surface area contributed by atoms with Crippen molar-refractivity contribution in [2.24, 2.45) is 5.41 Å². The minimum absolute atomic E-state index is 0. The van der Waals surface area contributed by atoms with Crippen molar-refractivity contribution >= 4 is 57.7 Å². The Morgan fingerprint density at radius 3 is 2.56 bits per heavy atom. The van der Waals surface area contributed by atoms with Crippen molar-refractivity contribution in [2.45, 2.75) is 46.7 Å². The number of benzene rings is 2. The van der Waals surface area contributed by atoms with Crippen LogP contribution in [0.25, 0.3) is 10.8 Å². The molecule has 0 atom stereocenters. The second-order valence-electron chi connectivity index (χ2n) is 11.1. The first-order chi connectivity index (χ1) is 20.2. The summed E-state index contributed by atoms with van der Waals surface area (Å²) in [5.41, 5.74) is 1.57. The van der Waals surface area contributed by atoms with E-state index in [1.54, 1.807) is 46.6 Å². The van der Waals surface area contributed by atoms with Crippen LogP contribution in [0.1, 0.15) is 37.6 Å². The van der Waals surface area contributed by atoms with Gasteiger partial charge in [-0.05, 0) is 86.8 Å². The van der Waals surface area contributed by atoms with Crippen LogP contribution < -0.4 is 25.4 Å². The van der Waals surface area contributed by atoms with Crippen molar-refractivity contribution < 1.29 is 14.3 Å². The lowest BCUT2D eigenvalue weighted by atomic mass is 9.90. The summed E-state index contributed by atoms with van der Waals surface area (Å²) in [7, 11) is 1.71. The van der Waals surface area contributed by atoms with Crippen molar-refractivity contribution in [3.8, 4) is 5.75 Å². The van der Waals surface area contributed by atoms with Gasteiger partial charge in [0.1, 0.15) is 11.2 Å². The third kappa shape index (κ3) is 6.64. The highest BCUT2D eigenvalue weighted by molar-refractivity contribution is 7.10. The predicted octanol–water partition coefficient (Wildman–Crippen LogP) is 5.64. The van der Waals surface area contributed by atoms with Gasteiger partial charge in [0.15, 0.2) is 0 Å². The van der Waals surface area contributed by atoms with E-state index in [1.807, 2.05) is 61.7 Å². The molecule has 0 aliphatic carbocycles. The first kappa shape index (κ1) is 32.3. The van der Waals surface area contributed by atoms with Crippen LogP contribution in [0.5, 0.6) is 5.75 Å². The summed E-state index contributed by atoms with van der Waals surface area (Å²) >= 11 is 1.73. The van der Waals surface area contributed by atoms with E-state index in [2.05, 4.69) is 16.8 Å². The van der Waals surface area contributed by atoms with Gasteiger partial charge in [0.2, 0.25) is 11.8 Å². The second kappa shape index (κ2) is 13.8. The molecule has 0 radical (unpaired) electrons. The molecule has 2 aromatic heterocycles. The smallest absolute Gasteiger partial charge is 0.258 e. The number of nitrogens with zero attached hydrogens (tertiary/aromatic N) is 3. The molecule has 1 aliphatic rings. The number of aromatic nitrogens is 1. The Bertz CT molecular complexity index is 1660. The van der Waals surface area contributed by atoms with Gasteiger partial charge in [0.25, 0.3) is 5.56 Å². The number of ether oxygens (including phenoxy) is 1. The van der Waals surface area contributed by atoms with Crippen molar-refractivity contribution in [1.29, 1.82) is 0 Å². The number of carbonyl (C=O) groups is 2. The van der Waals surface area contributed by atoms with Gasteiger partial charge >= 0.3 is 0 Å². The summed E-state index contributed by atoms with van der Waals surface area (Å²) in [6.07, 6.45) is 3.50. The van der Waals surface area contributed by atoms with Gasteiger partial charge < -0.3 is 24.4 Å². The molecule has 0 fully saturated rings. The van der Waals surface area contributed by atoms with Gasteiger partial charge in [0.05, 0.1) is 18.0 Å². The Hall–Kier alpha value is -3.66. The number of thiophene rings is 1. The van der Waals surface area contributed by atoms with Gasteiger partial charge in [-0.1, -0.05) is 18.2 Å². The molecule has 0 bridgehead atoms. The van der Waals surface area contributed by atoms with E-state index in [4.69, 9.17) is 4.74 Å². The first-order valence-electron chi connectivity index (χ1n) is 14.4. The highest BCUT2D eigenvalue weighted by atomic mass is 35.5. The summed E-state index contributed by atoms with van der Waals surface area (Å²) in [6, 6.07) is 17.4. The molecule has 8 nitrogen and oxygen atoms in total. The van der Waals surface area contributed by atoms with E-state index < -0.39 is 5.41 Å². The van der Waals surface area contributed by atoms with Crippen molar-refractivity contribution in [3.63, 3.8) is 0 Å². The molecule has 0 spiro atoms. The first-order valence-corrected chi connectivity index (χ1v) is 15.3. The third-order valence-corrected chi connectivity index (χ3v) is 8.90. The zero-order valence-electron chi connectivity index (χ0n) is 25.1. The van der Waals surface area contributed by atoms with E-state index >= 15 is 0 Å². The molecular weight excluding hydrogens is 584 g/mol. The number of pyridine rings is 1. The molecule has 228 valence electrons. The Labute approximate surface area is 262 Å². The van der Waals surface area contributed by atoms with Crippen LogP contribution in [0, 0.1) is 5.41 Å². The molecule has 5 rings (SSSR count). The van der Waals surface area contributed by atoms with Crippen LogP contribution >= 0.6 is 23.7 Å². The summed E-state index contributed by atoms with van der Waals surface area (Å²) in [5.74, 6) is 0.237. The average molecular weight is 623 g/mol. The summed E-state index contributed by atoms with van der Waals surface area (Å²) in [5, 5.41) is 7.34. The molecule has 0 unspecified atom stereocenters. The SMILES string of the molecule is CCN1C(=O)C(C)(C)C(=O)N(C)c2cc(OCCCNCc3sccc3CCn3ccc4ccccc4c3=O)ccc21.Cl. The Balaban J connectivity index is 0.00000423. The van der Waals surface area contributed by atoms with Gasteiger partial charge in [-0.15, -0.1) is 23.7 Å². The number of rotatable bonds is 11. The number of amides is 2. The highest BCUT2D eigenvalue weighted by Gasteiger charge is 2.45. The summed E-state index contributed by atoms with van der Waals surface area (Å²) in [6.45, 7) is 8.47. The van der Waals surface area contributed by atoms with Crippen LogP contribution in [0.3, 0.4) is 0 Å². The van der Waals surface area contributed by atoms with Crippen LogP contribution in [0.2, 0.25) is 0 Å². The second-order valence-corrected chi connectivity index (χ2v) is 12.1. The van der Waals surface area contributed by atoms with Crippen molar-refractivity contribution in [1.82, 2.24) is 9.88 Å². The lowest BCUT2D eigenvalue weighted by molar-refractivity contribution is -0.137. The normalized spacial score (nSPS) is 14.4. The Kier molecular flexibility index (Phi) is 10.3. The number of fused-ring (bicyclic) bond motifs is 2. The van der Waals surface area contributed by atoms with Gasteiger partial charge in [-0.2, -0.15) is 0 Å². The molecule has 2 amide bonds. The van der Waals surface area contributed by atoms with Gasteiger partial charge in [-0.3, -0.25) is 14.4 Å². The average Bonchev–Trinajstić information content (AvgIpc) is 3.44. The maximum atomic E-state index is 13.1. The number of nitrogens with one attached hydrogen (secondary N) is 1. The number of aryl methyl sites for hydroxylation is 2. The van der Waals surface area contributed by atoms with E-state index in [0.29, 0.717) is 31.1 Å². The van der Waals surface area contributed by atoms with Crippen LogP contribution in [0.15, 0.2) is 71.0 Å². The predicted molar refractivity (Wildman–Crippen MR) is 177 cm³/mol. The van der Waals surface area contributed by atoms with Gasteiger partial charge in [0, 0.05) is 49.2 Å². The van der Waals surface area contributed by atoms with Crippen LogP contribution in [-0.2, 0) is 29.1 Å². The quantitative estimate of drug-likeness (QED) is 0.173. The molecule has 2 aromatic carbocycles. The zero-order valence-corrected chi connectivity index (χ0v) is 26.7. The topological polar surface area (TPSA) is 83.9 Å². The lowest BCUT2D eigenvalue weighted by Crippen LogP contribution is -2.47. The number of anilines is 2. The molecule has 0 saturated heterocycles. The molecule has 1 N–H and O–H groups in total. The number of carbonyl (C=O) groups excluding carboxylic acids is 2. The third-order valence-electron chi connectivity index (χ3n) is 7.93. The monoisotopic (exact) mass is 622 g/mol. The van der Waals surface area contributed by atoms with Crippen LogP contribution in [0.4, 0.5) is 11.4 Å². The standard InChI is InChI=1S/C33H38N4O4S.ClH/c1-5-37-27-12-11-25(21-28(27)35(4)31(39)33(2,3)32(37)40)41-19-8-16-34-22-29-24(15-20-42-29)14-18-36-17-13-23-9-6-7-10-26(23)30(36)38;/h6-7,9-13,15,17,20-21,34H,5,8,14,16,18-19,22H2,1-4H3;1H. The van der Waals surface area contributed by atoms with Crippen LogP contribution in [-0.4, -0.2) is 43.1 Å². The molecular formula is C33H39ClN4O4S. The Morgan fingerprint density at radius 2 is 1.77 bits per heavy atom. The molecule has 43 heavy (non-hydrogen) atoms. The molecule has 3 heterocycles. The molecule has 10 heteroatoms. The maximum absolute atomic E-state index is 13.1. The fourth-order valence-corrected chi connectivity index (χ4v) is 6.36. The van der Waals surface area contributed by atoms with Crippen molar-refractivity contribution in [3.05, 3.63) is 87.0 Å². The fraction of sp³-hybridized carbons (Fsp3) is 0.364. The molecule has 0 saturated carbocycles. The minimum Gasteiger partial charge on any atom is -0.493 e.